The van der Waals surface area contributed by atoms with E-state index in [0.717, 1.165) is 17.1 Å². The molecule has 1 atom stereocenters. The first-order valence-corrected chi connectivity index (χ1v) is 6.48. The zero-order valence-corrected chi connectivity index (χ0v) is 12.1. The molecule has 0 spiro atoms. The molecular weight excluding hydrogens is 258 g/mol. The van der Waals surface area contributed by atoms with E-state index in [1.807, 2.05) is 23.1 Å². The van der Waals surface area contributed by atoms with Gasteiger partial charge in [0.05, 0.1) is 33.4 Å². The molecule has 0 aliphatic carbocycles. The molecule has 1 aliphatic heterocycles. The number of guanidine groups is 1. The fourth-order valence-corrected chi connectivity index (χ4v) is 2.36. The van der Waals surface area contributed by atoms with Crippen LogP contribution in [-0.2, 0) is 4.74 Å². The monoisotopic (exact) mass is 279 g/mol. The van der Waals surface area contributed by atoms with Crippen molar-refractivity contribution in [3.63, 3.8) is 0 Å². The van der Waals surface area contributed by atoms with Gasteiger partial charge in [-0.15, -0.1) is 0 Å². The molecule has 1 aromatic rings. The molecule has 6 heteroatoms. The maximum absolute atomic E-state index is 5.96. The molecule has 0 saturated heterocycles. The van der Waals surface area contributed by atoms with Gasteiger partial charge in [0.2, 0.25) is 0 Å². The smallest absolute Gasteiger partial charge is 0.192 e. The maximum Gasteiger partial charge on any atom is 0.192 e. The largest absolute Gasteiger partial charge is 0.497 e. The normalized spacial score (nSPS) is 18.1. The minimum Gasteiger partial charge on any atom is -0.497 e. The first-order chi connectivity index (χ1) is 9.71. The van der Waals surface area contributed by atoms with Crippen LogP contribution in [0.3, 0.4) is 0 Å². The van der Waals surface area contributed by atoms with Gasteiger partial charge in [0.25, 0.3) is 0 Å². The highest BCUT2D eigenvalue weighted by Gasteiger charge is 2.29. The molecule has 0 aromatic heterocycles. The average Bonchev–Trinajstić information content (AvgIpc) is 2.85. The summed E-state index contributed by atoms with van der Waals surface area (Å²) in [5, 5.41) is 0. The third-order valence-corrected chi connectivity index (χ3v) is 3.43. The van der Waals surface area contributed by atoms with E-state index >= 15 is 0 Å². The van der Waals surface area contributed by atoms with E-state index in [9.17, 15) is 0 Å². The van der Waals surface area contributed by atoms with Crippen LogP contribution < -0.4 is 15.2 Å². The summed E-state index contributed by atoms with van der Waals surface area (Å²) in [4.78, 5) is 6.36. The van der Waals surface area contributed by atoms with Crippen LogP contribution in [0.1, 0.15) is 11.6 Å². The Kier molecular flexibility index (Phi) is 4.68. The third-order valence-electron chi connectivity index (χ3n) is 3.43. The Bertz CT molecular complexity index is 491. The van der Waals surface area contributed by atoms with Crippen molar-refractivity contribution in [2.75, 3.05) is 41.0 Å². The number of methoxy groups -OCH3 is 3. The van der Waals surface area contributed by atoms with Gasteiger partial charge in [0.15, 0.2) is 5.96 Å². The van der Waals surface area contributed by atoms with E-state index in [2.05, 4.69) is 4.99 Å². The van der Waals surface area contributed by atoms with E-state index in [0.29, 0.717) is 25.7 Å². The van der Waals surface area contributed by atoms with Gasteiger partial charge in [-0.3, -0.25) is 4.99 Å². The van der Waals surface area contributed by atoms with Gasteiger partial charge in [-0.25, -0.2) is 0 Å². The van der Waals surface area contributed by atoms with Crippen LogP contribution in [0.5, 0.6) is 11.5 Å². The van der Waals surface area contributed by atoms with Crippen molar-refractivity contribution in [1.29, 1.82) is 0 Å². The molecule has 0 radical (unpaired) electrons. The van der Waals surface area contributed by atoms with Crippen LogP contribution in [0.2, 0.25) is 0 Å². The van der Waals surface area contributed by atoms with Crippen molar-refractivity contribution < 1.29 is 14.2 Å². The van der Waals surface area contributed by atoms with Gasteiger partial charge in [-0.05, 0) is 18.2 Å². The van der Waals surface area contributed by atoms with Gasteiger partial charge in [-0.1, -0.05) is 0 Å². The maximum atomic E-state index is 5.96. The van der Waals surface area contributed by atoms with Crippen molar-refractivity contribution >= 4 is 5.96 Å². The van der Waals surface area contributed by atoms with Crippen LogP contribution in [-0.4, -0.2) is 51.9 Å². The lowest BCUT2D eigenvalue weighted by Gasteiger charge is -2.27. The second kappa shape index (κ2) is 6.47. The highest BCUT2D eigenvalue weighted by Crippen LogP contribution is 2.34. The third kappa shape index (κ3) is 2.80. The summed E-state index contributed by atoms with van der Waals surface area (Å²) in [5.41, 5.74) is 6.98. The first-order valence-electron chi connectivity index (χ1n) is 6.48. The van der Waals surface area contributed by atoms with Gasteiger partial charge >= 0.3 is 0 Å². The molecule has 0 saturated carbocycles. The molecule has 0 amide bonds. The fourth-order valence-electron chi connectivity index (χ4n) is 2.36. The van der Waals surface area contributed by atoms with Crippen molar-refractivity contribution in [2.45, 2.75) is 6.04 Å². The summed E-state index contributed by atoms with van der Waals surface area (Å²) in [7, 11) is 4.97. The van der Waals surface area contributed by atoms with E-state index in [1.165, 1.54) is 0 Å². The Balaban J connectivity index is 2.29. The summed E-state index contributed by atoms with van der Waals surface area (Å²) >= 11 is 0. The molecule has 1 aromatic carbocycles. The predicted molar refractivity (Wildman–Crippen MR) is 77.4 cm³/mol. The van der Waals surface area contributed by atoms with Crippen molar-refractivity contribution in [3.05, 3.63) is 23.8 Å². The topological polar surface area (TPSA) is 69.3 Å². The number of nitrogens with zero attached hydrogens (tertiary/aromatic N) is 2. The van der Waals surface area contributed by atoms with Crippen molar-refractivity contribution in [2.24, 2.45) is 10.7 Å². The Morgan fingerprint density at radius 2 is 2.10 bits per heavy atom. The molecule has 110 valence electrons. The van der Waals surface area contributed by atoms with Crippen LogP contribution in [0.15, 0.2) is 23.2 Å². The minimum absolute atomic E-state index is 0.0511. The lowest BCUT2D eigenvalue weighted by atomic mass is 10.0. The van der Waals surface area contributed by atoms with E-state index in [1.54, 1.807) is 21.3 Å². The lowest BCUT2D eigenvalue weighted by molar-refractivity contribution is 0.166. The molecule has 20 heavy (non-hydrogen) atoms. The molecule has 2 N–H and O–H groups in total. The highest BCUT2D eigenvalue weighted by molar-refractivity contribution is 5.80. The number of aliphatic imine (C=N–C) groups is 1. The summed E-state index contributed by atoms with van der Waals surface area (Å²) in [5.74, 6) is 2.14. The fraction of sp³-hybridized carbons (Fsp3) is 0.500. The van der Waals surface area contributed by atoms with E-state index < -0.39 is 0 Å². The second-order valence-electron chi connectivity index (χ2n) is 4.51. The second-order valence-corrected chi connectivity index (χ2v) is 4.51. The number of hydrogen-bond acceptors (Lipinski definition) is 6. The molecule has 0 bridgehead atoms. The molecule has 6 nitrogen and oxygen atoms in total. The number of nitrogens with two attached hydrogens (primary N) is 1. The van der Waals surface area contributed by atoms with Crippen LogP contribution >= 0.6 is 0 Å². The van der Waals surface area contributed by atoms with Crippen molar-refractivity contribution in [3.8, 4) is 11.5 Å². The summed E-state index contributed by atoms with van der Waals surface area (Å²) < 4.78 is 15.9. The standard InChI is InChI=1S/C14H21N3O3/c1-18-7-6-17-12(9-16-14(17)15)11-8-10(19-2)4-5-13(11)20-3/h4-5,8,12H,6-7,9H2,1-3H3,(H2,15,16). The van der Waals surface area contributed by atoms with Crippen LogP contribution in [0.25, 0.3) is 0 Å². The zero-order chi connectivity index (χ0) is 14.5. The number of hydrogen-bond donors (Lipinski definition) is 1. The number of rotatable bonds is 6. The van der Waals surface area contributed by atoms with Crippen LogP contribution in [0.4, 0.5) is 0 Å². The first kappa shape index (κ1) is 14.5. The van der Waals surface area contributed by atoms with E-state index in [-0.39, 0.29) is 6.04 Å². The average molecular weight is 279 g/mol. The Morgan fingerprint density at radius 1 is 1.30 bits per heavy atom. The predicted octanol–water partition coefficient (Wildman–Crippen LogP) is 1.02. The molecular formula is C14H21N3O3. The molecule has 1 aliphatic rings. The number of benzene rings is 1. The van der Waals surface area contributed by atoms with Gasteiger partial charge in [0, 0.05) is 19.2 Å². The summed E-state index contributed by atoms with van der Waals surface area (Å²) in [6, 6.07) is 5.80. The molecule has 1 heterocycles. The van der Waals surface area contributed by atoms with Gasteiger partial charge in [-0.2, -0.15) is 0 Å². The van der Waals surface area contributed by atoms with Gasteiger partial charge in [0.1, 0.15) is 11.5 Å². The van der Waals surface area contributed by atoms with Gasteiger partial charge < -0.3 is 24.8 Å². The number of ether oxygens (including phenoxy) is 3. The van der Waals surface area contributed by atoms with Crippen molar-refractivity contribution in [1.82, 2.24) is 4.90 Å². The minimum atomic E-state index is 0.0511. The highest BCUT2D eigenvalue weighted by atomic mass is 16.5. The summed E-state index contributed by atoms with van der Waals surface area (Å²) in [6.45, 7) is 1.90. The van der Waals surface area contributed by atoms with E-state index in [4.69, 9.17) is 19.9 Å². The molecule has 1 unspecified atom stereocenters. The molecule has 0 fully saturated rings. The SMILES string of the molecule is COCCN1C(N)=NCC1c1cc(OC)ccc1OC. The lowest BCUT2D eigenvalue weighted by Crippen LogP contribution is -2.38. The Labute approximate surface area is 119 Å². The van der Waals surface area contributed by atoms with Crippen LogP contribution in [0, 0.1) is 0 Å². The molecule has 2 rings (SSSR count). The quantitative estimate of drug-likeness (QED) is 0.842. The summed E-state index contributed by atoms with van der Waals surface area (Å²) in [6.07, 6.45) is 0. The Morgan fingerprint density at radius 3 is 2.75 bits per heavy atom. The Hall–Kier alpha value is -1.95. The zero-order valence-electron chi connectivity index (χ0n) is 12.1.